The number of benzene rings is 1. The number of hydrogen-bond donors (Lipinski definition) is 1. The number of carbonyl (C=O) groups is 2. The summed E-state index contributed by atoms with van der Waals surface area (Å²) in [6, 6.07) is 5.92. The van der Waals surface area contributed by atoms with Crippen molar-refractivity contribution in [1.82, 2.24) is 9.62 Å². The molecule has 0 bridgehead atoms. The first kappa shape index (κ1) is 19.7. The minimum absolute atomic E-state index is 0.0830. The minimum Gasteiger partial charge on any atom is -0.465 e. The van der Waals surface area contributed by atoms with Crippen molar-refractivity contribution in [3.05, 3.63) is 29.3 Å². The molecule has 1 amide bonds. The van der Waals surface area contributed by atoms with E-state index in [0.29, 0.717) is 24.4 Å². The van der Waals surface area contributed by atoms with Crippen molar-refractivity contribution in [3.63, 3.8) is 0 Å². The Labute approximate surface area is 152 Å². The summed E-state index contributed by atoms with van der Waals surface area (Å²) in [5.41, 5.74) is 0. The Kier molecular flexibility index (Phi) is 6.80. The van der Waals surface area contributed by atoms with Gasteiger partial charge in [-0.25, -0.2) is 8.42 Å². The van der Waals surface area contributed by atoms with Gasteiger partial charge < -0.3 is 10.1 Å². The summed E-state index contributed by atoms with van der Waals surface area (Å²) in [4.78, 5) is 23.7. The molecule has 1 aromatic carbocycles. The monoisotopic (exact) mass is 388 g/mol. The van der Waals surface area contributed by atoms with Gasteiger partial charge in [0.05, 0.1) is 17.4 Å². The fraction of sp³-hybridized carbons (Fsp3) is 0.500. The lowest BCUT2D eigenvalue weighted by molar-refractivity contribution is -0.144. The average Bonchev–Trinajstić information content (AvgIpc) is 2.60. The van der Waals surface area contributed by atoms with Crippen molar-refractivity contribution >= 4 is 33.5 Å². The normalized spacial score (nSPS) is 18.6. The maximum atomic E-state index is 12.7. The standard InChI is InChI=1S/C16H21ClN2O5S/c1-2-24-15(20)10-18-16(21)12-4-3-9-19(11-12)25(22,23)14-7-5-13(17)6-8-14/h5-8,12H,2-4,9-11H2,1H3,(H,18,21). The molecule has 1 aliphatic heterocycles. The van der Waals surface area contributed by atoms with Gasteiger partial charge in [0.25, 0.3) is 0 Å². The zero-order chi connectivity index (χ0) is 18.4. The summed E-state index contributed by atoms with van der Waals surface area (Å²) < 4.78 is 31.4. The first-order valence-corrected chi connectivity index (χ1v) is 9.85. The molecule has 0 aliphatic carbocycles. The van der Waals surface area contributed by atoms with E-state index in [9.17, 15) is 18.0 Å². The van der Waals surface area contributed by atoms with Crippen molar-refractivity contribution < 1.29 is 22.7 Å². The fourth-order valence-electron chi connectivity index (χ4n) is 2.65. The van der Waals surface area contributed by atoms with Gasteiger partial charge in [-0.2, -0.15) is 4.31 Å². The topological polar surface area (TPSA) is 92.8 Å². The molecule has 0 aromatic heterocycles. The molecular weight excluding hydrogens is 368 g/mol. The highest BCUT2D eigenvalue weighted by molar-refractivity contribution is 7.89. The van der Waals surface area contributed by atoms with Crippen molar-refractivity contribution in [1.29, 1.82) is 0 Å². The number of amides is 1. The van der Waals surface area contributed by atoms with Gasteiger partial charge in [0, 0.05) is 18.1 Å². The van der Waals surface area contributed by atoms with E-state index in [4.69, 9.17) is 16.3 Å². The molecule has 1 unspecified atom stereocenters. The van der Waals surface area contributed by atoms with Gasteiger partial charge in [0.1, 0.15) is 6.54 Å². The SMILES string of the molecule is CCOC(=O)CNC(=O)C1CCCN(S(=O)(=O)c2ccc(Cl)cc2)C1. The van der Waals surface area contributed by atoms with Crippen LogP contribution in [0.2, 0.25) is 5.02 Å². The van der Waals surface area contributed by atoms with Crippen molar-refractivity contribution in [2.24, 2.45) is 5.92 Å². The van der Waals surface area contributed by atoms with E-state index >= 15 is 0 Å². The van der Waals surface area contributed by atoms with E-state index in [1.165, 1.54) is 28.6 Å². The average molecular weight is 389 g/mol. The lowest BCUT2D eigenvalue weighted by Crippen LogP contribution is -2.46. The van der Waals surface area contributed by atoms with E-state index in [2.05, 4.69) is 5.32 Å². The summed E-state index contributed by atoms with van der Waals surface area (Å²) in [6.45, 7) is 2.14. The summed E-state index contributed by atoms with van der Waals surface area (Å²) in [7, 11) is -3.68. The van der Waals surface area contributed by atoms with Crippen LogP contribution in [0.5, 0.6) is 0 Å². The summed E-state index contributed by atoms with van der Waals surface area (Å²) >= 11 is 5.80. The molecule has 1 aromatic rings. The quantitative estimate of drug-likeness (QED) is 0.744. The van der Waals surface area contributed by atoms with Crippen LogP contribution in [0.1, 0.15) is 19.8 Å². The summed E-state index contributed by atoms with van der Waals surface area (Å²) in [5, 5.41) is 2.96. The van der Waals surface area contributed by atoms with Gasteiger partial charge in [-0.1, -0.05) is 11.6 Å². The van der Waals surface area contributed by atoms with Gasteiger partial charge >= 0.3 is 5.97 Å². The van der Waals surface area contributed by atoms with E-state index in [0.717, 1.165) is 0 Å². The molecule has 1 atom stereocenters. The molecule has 2 rings (SSSR count). The van der Waals surface area contributed by atoms with E-state index in [1.54, 1.807) is 6.92 Å². The maximum absolute atomic E-state index is 12.7. The number of piperidine rings is 1. The summed E-state index contributed by atoms with van der Waals surface area (Å²) in [5.74, 6) is -1.35. The molecule has 1 fully saturated rings. The Morgan fingerprint density at radius 2 is 2.00 bits per heavy atom. The molecule has 1 aliphatic rings. The van der Waals surface area contributed by atoms with Gasteiger partial charge in [-0.15, -0.1) is 0 Å². The number of nitrogens with zero attached hydrogens (tertiary/aromatic N) is 1. The molecule has 1 N–H and O–H groups in total. The summed E-state index contributed by atoms with van der Waals surface area (Å²) in [6.07, 6.45) is 1.14. The van der Waals surface area contributed by atoms with E-state index in [1.807, 2.05) is 0 Å². The van der Waals surface area contributed by atoms with Gasteiger partial charge in [-0.3, -0.25) is 9.59 Å². The zero-order valence-electron chi connectivity index (χ0n) is 13.9. The van der Waals surface area contributed by atoms with Crippen LogP contribution in [0.25, 0.3) is 0 Å². The minimum atomic E-state index is -3.68. The van der Waals surface area contributed by atoms with Crippen LogP contribution in [0, 0.1) is 5.92 Å². The molecule has 1 heterocycles. The number of esters is 1. The van der Waals surface area contributed by atoms with E-state index in [-0.39, 0.29) is 30.5 Å². The second kappa shape index (κ2) is 8.64. The van der Waals surface area contributed by atoms with Crippen LogP contribution in [0.4, 0.5) is 0 Å². The fourth-order valence-corrected chi connectivity index (χ4v) is 4.30. The van der Waals surface area contributed by atoms with Crippen LogP contribution < -0.4 is 5.32 Å². The van der Waals surface area contributed by atoms with Gasteiger partial charge in [-0.05, 0) is 44.0 Å². The highest BCUT2D eigenvalue weighted by Crippen LogP contribution is 2.24. The number of rotatable bonds is 6. The molecule has 0 saturated carbocycles. The lowest BCUT2D eigenvalue weighted by Gasteiger charge is -2.31. The molecule has 138 valence electrons. The first-order chi connectivity index (χ1) is 11.8. The molecule has 7 nitrogen and oxygen atoms in total. The Hall–Kier alpha value is -1.64. The predicted molar refractivity (Wildman–Crippen MR) is 92.6 cm³/mol. The van der Waals surface area contributed by atoms with E-state index < -0.39 is 21.9 Å². The number of halogens is 1. The third-order valence-corrected chi connectivity index (χ3v) is 6.05. The van der Waals surface area contributed by atoms with Crippen LogP contribution >= 0.6 is 11.6 Å². The highest BCUT2D eigenvalue weighted by atomic mass is 35.5. The molecule has 0 spiro atoms. The number of hydrogen-bond acceptors (Lipinski definition) is 5. The van der Waals surface area contributed by atoms with Crippen molar-refractivity contribution in [2.75, 3.05) is 26.2 Å². The van der Waals surface area contributed by atoms with Crippen LogP contribution in [-0.4, -0.2) is 50.8 Å². The molecule has 0 radical (unpaired) electrons. The van der Waals surface area contributed by atoms with Crippen molar-refractivity contribution in [2.45, 2.75) is 24.7 Å². The number of ether oxygens (including phenoxy) is 1. The third-order valence-electron chi connectivity index (χ3n) is 3.92. The van der Waals surface area contributed by atoms with Gasteiger partial charge in [0.15, 0.2) is 0 Å². The Morgan fingerprint density at radius 3 is 2.64 bits per heavy atom. The Balaban J connectivity index is 2.01. The number of sulfonamides is 1. The molecule has 1 saturated heterocycles. The molecule has 9 heteroatoms. The largest absolute Gasteiger partial charge is 0.465 e. The van der Waals surface area contributed by atoms with Crippen LogP contribution in [0.15, 0.2) is 29.2 Å². The Morgan fingerprint density at radius 1 is 1.32 bits per heavy atom. The zero-order valence-corrected chi connectivity index (χ0v) is 15.5. The van der Waals surface area contributed by atoms with Gasteiger partial charge in [0.2, 0.25) is 15.9 Å². The molecule has 25 heavy (non-hydrogen) atoms. The highest BCUT2D eigenvalue weighted by Gasteiger charge is 2.33. The van der Waals surface area contributed by atoms with Crippen LogP contribution in [-0.2, 0) is 24.3 Å². The van der Waals surface area contributed by atoms with Crippen molar-refractivity contribution in [3.8, 4) is 0 Å². The predicted octanol–water partition coefficient (Wildman–Crippen LogP) is 1.42. The molecular formula is C16H21ClN2O5S. The van der Waals surface area contributed by atoms with Crippen LogP contribution in [0.3, 0.4) is 0 Å². The second-order valence-corrected chi connectivity index (χ2v) is 8.05. The third kappa shape index (κ3) is 5.17. The smallest absolute Gasteiger partial charge is 0.325 e. The first-order valence-electron chi connectivity index (χ1n) is 8.03. The Bertz CT molecular complexity index is 721. The number of carbonyl (C=O) groups excluding carboxylic acids is 2. The second-order valence-electron chi connectivity index (χ2n) is 5.68. The lowest BCUT2D eigenvalue weighted by atomic mass is 9.99. The maximum Gasteiger partial charge on any atom is 0.325 e. The number of nitrogens with one attached hydrogen (secondary N) is 1.